The van der Waals surface area contributed by atoms with Gasteiger partial charge in [0.1, 0.15) is 0 Å². The number of rotatable bonds is 7. The molecule has 0 bridgehead atoms. The maximum atomic E-state index is 5.36. The molecule has 2 heterocycles. The van der Waals surface area contributed by atoms with E-state index in [4.69, 9.17) is 4.74 Å². The van der Waals surface area contributed by atoms with Gasteiger partial charge in [-0.25, -0.2) is 4.98 Å². The smallest absolute Gasteiger partial charge is 0.0798 e. The molecule has 0 radical (unpaired) electrons. The predicted molar refractivity (Wildman–Crippen MR) is 75.0 cm³/mol. The molecule has 1 saturated heterocycles. The lowest BCUT2D eigenvalue weighted by atomic mass is 10.1. The lowest BCUT2D eigenvalue weighted by molar-refractivity contribution is 0.185. The zero-order valence-corrected chi connectivity index (χ0v) is 12.1. The summed E-state index contributed by atoms with van der Waals surface area (Å²) in [5.41, 5.74) is 3.10. The summed E-state index contributed by atoms with van der Waals surface area (Å²) in [6.07, 6.45) is 1.21. The molecule has 5 heteroatoms. The van der Waals surface area contributed by atoms with Gasteiger partial charge in [-0.05, 0) is 26.3 Å². The molecule has 1 aliphatic rings. The fraction of sp³-hybridized carbons (Fsp3) is 0.769. The Balaban J connectivity index is 1.57. The minimum Gasteiger partial charge on any atom is -0.381 e. The van der Waals surface area contributed by atoms with E-state index in [9.17, 15) is 0 Å². The number of hydrogen-bond acceptors (Lipinski definition) is 5. The van der Waals surface area contributed by atoms with Crippen LogP contribution in [0.15, 0.2) is 5.51 Å². The van der Waals surface area contributed by atoms with Gasteiger partial charge in [0.2, 0.25) is 0 Å². The number of thiazole rings is 1. The van der Waals surface area contributed by atoms with Crippen LogP contribution in [-0.2, 0) is 11.3 Å². The molecule has 0 spiro atoms. The Bertz CT molecular complexity index is 350. The Morgan fingerprint density at radius 1 is 1.61 bits per heavy atom. The van der Waals surface area contributed by atoms with E-state index in [1.165, 1.54) is 17.0 Å². The molecule has 1 aromatic rings. The van der Waals surface area contributed by atoms with Gasteiger partial charge in [-0.15, -0.1) is 11.3 Å². The first-order valence-electron chi connectivity index (χ1n) is 6.61. The highest BCUT2D eigenvalue weighted by atomic mass is 32.1. The van der Waals surface area contributed by atoms with E-state index in [1.807, 2.05) is 5.51 Å². The molecule has 0 saturated carbocycles. The van der Waals surface area contributed by atoms with Crippen molar-refractivity contribution in [2.45, 2.75) is 19.9 Å². The summed E-state index contributed by atoms with van der Waals surface area (Å²) in [5.74, 6) is 0.721. The van der Waals surface area contributed by atoms with Crippen LogP contribution >= 0.6 is 11.3 Å². The topological polar surface area (TPSA) is 37.4 Å². The van der Waals surface area contributed by atoms with Crippen LogP contribution in [-0.4, -0.2) is 49.8 Å². The summed E-state index contributed by atoms with van der Waals surface area (Å²) < 4.78 is 5.36. The monoisotopic (exact) mass is 269 g/mol. The highest BCUT2D eigenvalue weighted by Gasteiger charge is 2.14. The fourth-order valence-electron chi connectivity index (χ4n) is 2.12. The second-order valence-corrected chi connectivity index (χ2v) is 5.97. The summed E-state index contributed by atoms with van der Waals surface area (Å²) in [6.45, 7) is 8.17. The van der Waals surface area contributed by atoms with Crippen molar-refractivity contribution in [2.75, 3.05) is 39.9 Å². The van der Waals surface area contributed by atoms with Gasteiger partial charge in [0.05, 0.1) is 17.8 Å². The van der Waals surface area contributed by atoms with Crippen molar-refractivity contribution in [3.63, 3.8) is 0 Å². The average molecular weight is 269 g/mol. The largest absolute Gasteiger partial charge is 0.381 e. The Kier molecular flexibility index (Phi) is 5.56. The SMILES string of the molecule is Cc1ncsc1CN(C)CCNCC1CCOC1. The minimum absolute atomic E-state index is 0.721. The number of nitrogens with one attached hydrogen (secondary N) is 1. The predicted octanol–water partition coefficient (Wildman–Crippen LogP) is 1.51. The van der Waals surface area contributed by atoms with Crippen LogP contribution in [0.3, 0.4) is 0 Å². The summed E-state index contributed by atoms with van der Waals surface area (Å²) in [5, 5.41) is 3.52. The molecular weight excluding hydrogens is 246 g/mol. The van der Waals surface area contributed by atoms with Crippen molar-refractivity contribution in [1.29, 1.82) is 0 Å². The van der Waals surface area contributed by atoms with Gasteiger partial charge in [-0.3, -0.25) is 4.90 Å². The van der Waals surface area contributed by atoms with Gasteiger partial charge < -0.3 is 10.1 Å². The van der Waals surface area contributed by atoms with Crippen molar-refractivity contribution in [3.8, 4) is 0 Å². The Labute approximate surface area is 113 Å². The molecule has 102 valence electrons. The maximum absolute atomic E-state index is 5.36. The fourth-order valence-corrected chi connectivity index (χ4v) is 2.98. The molecule has 1 unspecified atom stereocenters. The van der Waals surface area contributed by atoms with Crippen LogP contribution in [0.4, 0.5) is 0 Å². The number of aromatic nitrogens is 1. The van der Waals surface area contributed by atoms with Crippen LogP contribution in [0.5, 0.6) is 0 Å². The highest BCUT2D eigenvalue weighted by Crippen LogP contribution is 2.14. The van der Waals surface area contributed by atoms with Gasteiger partial charge in [0.15, 0.2) is 0 Å². The van der Waals surface area contributed by atoms with E-state index in [0.717, 1.165) is 45.3 Å². The van der Waals surface area contributed by atoms with Crippen LogP contribution in [0.2, 0.25) is 0 Å². The molecule has 4 nitrogen and oxygen atoms in total. The number of likely N-dealkylation sites (N-methyl/N-ethyl adjacent to an activating group) is 1. The second kappa shape index (κ2) is 7.19. The third-order valence-electron chi connectivity index (χ3n) is 3.39. The van der Waals surface area contributed by atoms with Crippen molar-refractivity contribution in [2.24, 2.45) is 5.92 Å². The second-order valence-electron chi connectivity index (χ2n) is 5.03. The van der Waals surface area contributed by atoms with Gasteiger partial charge in [-0.1, -0.05) is 0 Å². The molecule has 18 heavy (non-hydrogen) atoms. The quantitative estimate of drug-likeness (QED) is 0.761. The normalized spacial score (nSPS) is 19.8. The number of ether oxygens (including phenoxy) is 1. The van der Waals surface area contributed by atoms with Gasteiger partial charge in [0, 0.05) is 37.7 Å². The lowest BCUT2D eigenvalue weighted by Crippen LogP contribution is -2.32. The average Bonchev–Trinajstić information content (AvgIpc) is 2.98. The maximum Gasteiger partial charge on any atom is 0.0798 e. The third kappa shape index (κ3) is 4.31. The molecule has 1 aromatic heterocycles. The van der Waals surface area contributed by atoms with Gasteiger partial charge in [-0.2, -0.15) is 0 Å². The van der Waals surface area contributed by atoms with E-state index in [0.29, 0.717) is 0 Å². The molecule has 2 rings (SSSR count). The summed E-state index contributed by atoms with van der Waals surface area (Å²) in [7, 11) is 2.17. The first kappa shape index (κ1) is 13.9. The molecule has 0 amide bonds. The summed E-state index contributed by atoms with van der Waals surface area (Å²) >= 11 is 1.75. The molecule has 1 N–H and O–H groups in total. The number of hydrogen-bond donors (Lipinski definition) is 1. The lowest BCUT2D eigenvalue weighted by Gasteiger charge is -2.17. The Morgan fingerprint density at radius 3 is 3.17 bits per heavy atom. The molecule has 0 aromatic carbocycles. The minimum atomic E-state index is 0.721. The highest BCUT2D eigenvalue weighted by molar-refractivity contribution is 7.09. The van der Waals surface area contributed by atoms with E-state index in [2.05, 4.69) is 29.2 Å². The van der Waals surface area contributed by atoms with Crippen molar-refractivity contribution >= 4 is 11.3 Å². The van der Waals surface area contributed by atoms with Crippen LogP contribution in [0.1, 0.15) is 17.0 Å². The third-order valence-corrected chi connectivity index (χ3v) is 4.31. The molecular formula is C13H23N3OS. The Hall–Kier alpha value is -0.490. The zero-order valence-electron chi connectivity index (χ0n) is 11.3. The molecule has 1 atom stereocenters. The van der Waals surface area contributed by atoms with Crippen molar-refractivity contribution < 1.29 is 4.74 Å². The molecule has 1 fully saturated rings. The van der Waals surface area contributed by atoms with Crippen LogP contribution < -0.4 is 5.32 Å². The van der Waals surface area contributed by atoms with Crippen LogP contribution in [0, 0.1) is 12.8 Å². The molecule has 0 aliphatic carbocycles. The first-order chi connectivity index (χ1) is 8.75. The van der Waals surface area contributed by atoms with Crippen LogP contribution in [0.25, 0.3) is 0 Å². The van der Waals surface area contributed by atoms with E-state index in [-0.39, 0.29) is 0 Å². The van der Waals surface area contributed by atoms with Gasteiger partial charge in [0.25, 0.3) is 0 Å². The summed E-state index contributed by atoms with van der Waals surface area (Å²) in [6, 6.07) is 0. The Morgan fingerprint density at radius 2 is 2.50 bits per heavy atom. The molecule has 1 aliphatic heterocycles. The van der Waals surface area contributed by atoms with Gasteiger partial charge >= 0.3 is 0 Å². The van der Waals surface area contributed by atoms with E-state index in [1.54, 1.807) is 11.3 Å². The van der Waals surface area contributed by atoms with Crippen molar-refractivity contribution in [3.05, 3.63) is 16.1 Å². The van der Waals surface area contributed by atoms with E-state index >= 15 is 0 Å². The van der Waals surface area contributed by atoms with E-state index < -0.39 is 0 Å². The number of aryl methyl sites for hydroxylation is 1. The zero-order chi connectivity index (χ0) is 12.8. The van der Waals surface area contributed by atoms with Crippen molar-refractivity contribution in [1.82, 2.24) is 15.2 Å². The summed E-state index contributed by atoms with van der Waals surface area (Å²) in [4.78, 5) is 8.00. The number of nitrogens with zero attached hydrogens (tertiary/aromatic N) is 2. The first-order valence-corrected chi connectivity index (χ1v) is 7.49. The standard InChI is InChI=1S/C13H23N3OS/c1-11-13(18-10-15-11)8-16(2)5-4-14-7-12-3-6-17-9-12/h10,12,14H,3-9H2,1-2H3.